The number of hydrogen-bond donors (Lipinski definition) is 0. The van der Waals surface area contributed by atoms with E-state index < -0.39 is 14.5 Å². The van der Waals surface area contributed by atoms with Gasteiger partial charge in [-0.15, -0.1) is 0 Å². The Bertz CT molecular complexity index is 566. The predicted octanol–water partition coefficient (Wildman–Crippen LogP) is 4.11. The van der Waals surface area contributed by atoms with Gasteiger partial charge in [0.25, 0.3) is 0 Å². The van der Waals surface area contributed by atoms with Crippen LogP contribution in [0.4, 0.5) is 4.39 Å². The van der Waals surface area contributed by atoms with E-state index in [1.54, 1.807) is 12.1 Å². The molecule has 0 unspecified atom stereocenters. The Morgan fingerprint density at radius 1 is 1.19 bits per heavy atom. The second kappa shape index (κ2) is 6.97. The molecule has 1 aromatic rings. The van der Waals surface area contributed by atoms with Crippen LogP contribution in [-0.4, -0.2) is 20.8 Å². The average Bonchev–Trinajstić information content (AvgIpc) is 2.61. The number of rotatable bonds is 5. The van der Waals surface area contributed by atoms with E-state index in [2.05, 4.69) is 0 Å². The van der Waals surface area contributed by atoms with Crippen molar-refractivity contribution in [2.24, 2.45) is 5.41 Å². The normalized spacial score (nSPS) is 19.0. The van der Waals surface area contributed by atoms with Gasteiger partial charge < -0.3 is 4.74 Å². The Kier molecular flexibility index (Phi) is 5.49. The van der Waals surface area contributed by atoms with Crippen LogP contribution in [0.2, 0.25) is 0 Å². The Morgan fingerprint density at radius 2 is 1.86 bits per heavy atom. The minimum atomic E-state index is -3.59. The van der Waals surface area contributed by atoms with Crippen LogP contribution in [-0.2, 0) is 9.05 Å². The highest BCUT2D eigenvalue weighted by atomic mass is 35.7. The highest BCUT2D eigenvalue weighted by molar-refractivity contribution is 8.13. The van der Waals surface area contributed by atoms with Gasteiger partial charge in [-0.05, 0) is 25.0 Å². The third-order valence-corrected chi connectivity index (χ3v) is 5.27. The third-order valence-electron chi connectivity index (χ3n) is 3.98. The van der Waals surface area contributed by atoms with Crippen LogP contribution in [0.5, 0.6) is 5.75 Å². The summed E-state index contributed by atoms with van der Waals surface area (Å²) < 4.78 is 41.9. The second-order valence-corrected chi connectivity index (χ2v) is 8.62. The molecule has 0 atom stereocenters. The van der Waals surface area contributed by atoms with E-state index in [1.165, 1.54) is 12.1 Å². The van der Waals surface area contributed by atoms with Gasteiger partial charge in [0.2, 0.25) is 9.05 Å². The fraction of sp³-hybridized carbons (Fsp3) is 0.600. The molecular formula is C15H20ClFO3S. The molecule has 0 bridgehead atoms. The summed E-state index contributed by atoms with van der Waals surface area (Å²) in [5.41, 5.74) is -0.469. The monoisotopic (exact) mass is 334 g/mol. The van der Waals surface area contributed by atoms with Crippen molar-refractivity contribution in [1.82, 2.24) is 0 Å². The van der Waals surface area contributed by atoms with E-state index in [-0.39, 0.29) is 18.2 Å². The molecule has 0 saturated heterocycles. The molecule has 1 saturated carbocycles. The van der Waals surface area contributed by atoms with E-state index in [0.29, 0.717) is 5.75 Å². The second-order valence-electron chi connectivity index (χ2n) is 5.84. The van der Waals surface area contributed by atoms with Crippen molar-refractivity contribution in [1.29, 1.82) is 0 Å². The molecule has 0 aromatic heterocycles. The van der Waals surface area contributed by atoms with Gasteiger partial charge >= 0.3 is 0 Å². The first kappa shape index (κ1) is 16.6. The average molecular weight is 335 g/mol. The van der Waals surface area contributed by atoms with Crippen LogP contribution in [0.15, 0.2) is 24.3 Å². The van der Waals surface area contributed by atoms with Crippen LogP contribution in [0, 0.1) is 11.2 Å². The van der Waals surface area contributed by atoms with Crippen molar-refractivity contribution in [3.8, 4) is 5.75 Å². The first-order valence-corrected chi connectivity index (χ1v) is 9.67. The molecule has 3 nitrogen and oxygen atoms in total. The maximum Gasteiger partial charge on any atom is 0.233 e. The van der Waals surface area contributed by atoms with Crippen molar-refractivity contribution in [3.63, 3.8) is 0 Å². The van der Waals surface area contributed by atoms with Gasteiger partial charge in [-0.2, -0.15) is 0 Å². The molecule has 118 valence electrons. The van der Waals surface area contributed by atoms with Crippen molar-refractivity contribution < 1.29 is 17.5 Å². The molecule has 2 rings (SSSR count). The van der Waals surface area contributed by atoms with Crippen molar-refractivity contribution in [2.75, 3.05) is 12.4 Å². The Labute approximate surface area is 129 Å². The molecule has 0 amide bonds. The van der Waals surface area contributed by atoms with E-state index in [1.807, 2.05) is 0 Å². The highest BCUT2D eigenvalue weighted by Gasteiger charge is 2.36. The fourth-order valence-corrected chi connectivity index (χ4v) is 4.77. The summed E-state index contributed by atoms with van der Waals surface area (Å²) in [7, 11) is 1.88. The Balaban J connectivity index is 2.11. The van der Waals surface area contributed by atoms with Crippen LogP contribution in [0.1, 0.15) is 38.5 Å². The smallest absolute Gasteiger partial charge is 0.233 e. The summed E-state index contributed by atoms with van der Waals surface area (Å²) in [6.45, 7) is 0.252. The largest absolute Gasteiger partial charge is 0.493 e. The molecule has 0 N–H and O–H groups in total. The van der Waals surface area contributed by atoms with Gasteiger partial charge in [-0.1, -0.05) is 31.7 Å². The van der Waals surface area contributed by atoms with Crippen molar-refractivity contribution in [2.45, 2.75) is 38.5 Å². The van der Waals surface area contributed by atoms with E-state index in [9.17, 15) is 12.8 Å². The number of benzene rings is 1. The summed E-state index contributed by atoms with van der Waals surface area (Å²) in [6, 6.07) is 5.89. The van der Waals surface area contributed by atoms with Crippen LogP contribution < -0.4 is 4.74 Å². The summed E-state index contributed by atoms with van der Waals surface area (Å²) in [5, 5.41) is 0. The maximum absolute atomic E-state index is 13.2. The van der Waals surface area contributed by atoms with Crippen LogP contribution in [0.25, 0.3) is 0 Å². The Morgan fingerprint density at radius 3 is 2.43 bits per heavy atom. The molecule has 1 aliphatic carbocycles. The number of hydrogen-bond acceptors (Lipinski definition) is 3. The topological polar surface area (TPSA) is 43.4 Å². The summed E-state index contributed by atoms with van der Waals surface area (Å²) in [5.74, 6) is -0.0328. The summed E-state index contributed by atoms with van der Waals surface area (Å²) in [4.78, 5) is 0. The zero-order valence-electron chi connectivity index (χ0n) is 11.9. The van der Waals surface area contributed by atoms with E-state index >= 15 is 0 Å². The molecule has 21 heavy (non-hydrogen) atoms. The first-order valence-electron chi connectivity index (χ1n) is 7.19. The Hall–Kier alpha value is -0.810. The van der Waals surface area contributed by atoms with Crippen molar-refractivity contribution >= 4 is 19.7 Å². The maximum atomic E-state index is 13.2. The molecule has 0 spiro atoms. The lowest BCUT2D eigenvalue weighted by atomic mass is 9.83. The minimum Gasteiger partial charge on any atom is -0.493 e. The SMILES string of the molecule is O=S(=O)(Cl)CC1(COc2cccc(F)c2)CCCCCC1. The van der Waals surface area contributed by atoms with Gasteiger partial charge in [-0.3, -0.25) is 0 Å². The lowest BCUT2D eigenvalue weighted by Gasteiger charge is -2.31. The molecule has 0 radical (unpaired) electrons. The summed E-state index contributed by atoms with van der Waals surface area (Å²) in [6.07, 6.45) is 5.69. The van der Waals surface area contributed by atoms with Crippen molar-refractivity contribution in [3.05, 3.63) is 30.1 Å². The summed E-state index contributed by atoms with van der Waals surface area (Å²) >= 11 is 0. The predicted molar refractivity (Wildman–Crippen MR) is 81.7 cm³/mol. The standard InChI is InChI=1S/C15H20ClFO3S/c16-21(18,19)12-15(8-3-1-2-4-9-15)11-20-14-7-5-6-13(17)10-14/h5-7,10H,1-4,8-9,11-12H2. The van der Waals surface area contributed by atoms with Crippen LogP contribution in [0.3, 0.4) is 0 Å². The first-order chi connectivity index (χ1) is 9.89. The number of ether oxygens (including phenoxy) is 1. The lowest BCUT2D eigenvalue weighted by Crippen LogP contribution is -2.34. The third kappa shape index (κ3) is 5.47. The van der Waals surface area contributed by atoms with Crippen LogP contribution >= 0.6 is 10.7 Å². The van der Waals surface area contributed by atoms with E-state index in [4.69, 9.17) is 15.4 Å². The molecule has 0 heterocycles. The molecule has 6 heteroatoms. The fourth-order valence-electron chi connectivity index (χ4n) is 2.97. The van der Waals surface area contributed by atoms with E-state index in [0.717, 1.165) is 38.5 Å². The zero-order valence-corrected chi connectivity index (χ0v) is 13.4. The molecule has 1 aromatic carbocycles. The molecule has 1 aliphatic rings. The highest BCUT2D eigenvalue weighted by Crippen LogP contribution is 2.37. The van der Waals surface area contributed by atoms with Gasteiger partial charge in [0.15, 0.2) is 0 Å². The van der Waals surface area contributed by atoms with Gasteiger partial charge in [0.1, 0.15) is 11.6 Å². The molecular weight excluding hydrogens is 315 g/mol. The van der Waals surface area contributed by atoms with Gasteiger partial charge in [0.05, 0.1) is 12.4 Å². The molecule has 0 aliphatic heterocycles. The van der Waals surface area contributed by atoms with Gasteiger partial charge in [-0.25, -0.2) is 12.8 Å². The lowest BCUT2D eigenvalue weighted by molar-refractivity contribution is 0.146. The molecule has 1 fully saturated rings. The van der Waals surface area contributed by atoms with Gasteiger partial charge in [0, 0.05) is 22.2 Å². The quantitative estimate of drug-likeness (QED) is 0.601. The zero-order chi connectivity index (χ0) is 15.3. The minimum absolute atomic E-state index is 0.0864. The number of halogens is 2.